The van der Waals surface area contributed by atoms with E-state index in [9.17, 15) is 4.79 Å². The van der Waals surface area contributed by atoms with E-state index in [0.717, 1.165) is 10.1 Å². The molecule has 2 aromatic heterocycles. The van der Waals surface area contributed by atoms with E-state index in [-0.39, 0.29) is 16.5 Å². The second kappa shape index (κ2) is 4.44. The van der Waals surface area contributed by atoms with Gasteiger partial charge in [-0.05, 0) is 23.6 Å². The van der Waals surface area contributed by atoms with Crippen molar-refractivity contribution in [2.75, 3.05) is 0 Å². The Hall–Kier alpha value is -1.85. The van der Waals surface area contributed by atoms with Crippen LogP contribution in [-0.4, -0.2) is 10.2 Å². The summed E-state index contributed by atoms with van der Waals surface area (Å²) in [7, 11) is 0. The molecule has 18 heavy (non-hydrogen) atoms. The first-order valence-electron chi connectivity index (χ1n) is 5.13. The fourth-order valence-corrected chi connectivity index (χ4v) is 2.55. The molecule has 0 fully saturated rings. The van der Waals surface area contributed by atoms with E-state index >= 15 is 0 Å². The predicted octanol–water partition coefficient (Wildman–Crippen LogP) is 3.43. The van der Waals surface area contributed by atoms with Gasteiger partial charge in [0, 0.05) is 16.2 Å². The van der Waals surface area contributed by atoms with Crippen molar-refractivity contribution in [1.82, 2.24) is 10.2 Å². The molecule has 0 unspecified atom stereocenters. The number of aromatic nitrogens is 2. The highest BCUT2D eigenvalue weighted by molar-refractivity contribution is 7.17. The van der Waals surface area contributed by atoms with Crippen molar-refractivity contribution < 1.29 is 4.74 Å². The average Bonchev–Trinajstić information content (AvgIpc) is 2.82. The summed E-state index contributed by atoms with van der Waals surface area (Å²) in [6.07, 6.45) is 0. The molecule has 0 aliphatic heterocycles. The highest BCUT2D eigenvalue weighted by Crippen LogP contribution is 2.31. The standard InChI is InChI=1S/C12H7ClN2O2S/c13-11-6-8(16)12(15-14-11)17-9-2-1-3-10-7(9)4-5-18-10/h1-6H,(H,14,16). The lowest BCUT2D eigenvalue weighted by Crippen LogP contribution is -2.07. The Kier molecular flexibility index (Phi) is 2.77. The Morgan fingerprint density at radius 1 is 1.33 bits per heavy atom. The summed E-state index contributed by atoms with van der Waals surface area (Å²) in [5, 5.41) is 9.38. The first kappa shape index (κ1) is 11.3. The number of nitrogens with one attached hydrogen (secondary N) is 1. The molecule has 3 aromatic rings. The molecule has 1 aromatic carbocycles. The van der Waals surface area contributed by atoms with Crippen LogP contribution in [0.1, 0.15) is 0 Å². The minimum atomic E-state index is -0.356. The molecule has 90 valence electrons. The smallest absolute Gasteiger partial charge is 0.285 e. The maximum absolute atomic E-state index is 11.6. The van der Waals surface area contributed by atoms with Gasteiger partial charge < -0.3 is 4.74 Å². The fraction of sp³-hybridized carbons (Fsp3) is 0. The molecule has 0 saturated carbocycles. The number of aromatic amines is 1. The van der Waals surface area contributed by atoms with Gasteiger partial charge in [0.2, 0.25) is 5.43 Å². The maximum atomic E-state index is 11.6. The van der Waals surface area contributed by atoms with E-state index in [0.29, 0.717) is 5.75 Å². The number of thiophene rings is 1. The molecule has 0 aliphatic rings. The monoisotopic (exact) mass is 278 g/mol. The van der Waals surface area contributed by atoms with Crippen LogP contribution in [0.25, 0.3) is 10.1 Å². The minimum absolute atomic E-state index is 0.0156. The number of halogens is 1. The van der Waals surface area contributed by atoms with Crippen molar-refractivity contribution in [3.63, 3.8) is 0 Å². The van der Waals surface area contributed by atoms with E-state index in [1.807, 2.05) is 23.6 Å². The van der Waals surface area contributed by atoms with E-state index < -0.39 is 0 Å². The fourth-order valence-electron chi connectivity index (χ4n) is 1.60. The molecule has 0 amide bonds. The van der Waals surface area contributed by atoms with E-state index in [1.54, 1.807) is 17.4 Å². The van der Waals surface area contributed by atoms with Gasteiger partial charge in [-0.15, -0.1) is 16.4 Å². The lowest BCUT2D eigenvalue weighted by atomic mass is 10.2. The molecule has 0 atom stereocenters. The Labute approximate surface area is 111 Å². The third-order valence-corrected chi connectivity index (χ3v) is 3.47. The third kappa shape index (κ3) is 1.98. The zero-order valence-corrected chi connectivity index (χ0v) is 10.6. The average molecular weight is 279 g/mol. The van der Waals surface area contributed by atoms with Crippen LogP contribution in [0.3, 0.4) is 0 Å². The van der Waals surface area contributed by atoms with Crippen LogP contribution in [-0.2, 0) is 0 Å². The molecular weight excluding hydrogens is 272 g/mol. The van der Waals surface area contributed by atoms with Crippen LogP contribution in [0.5, 0.6) is 11.6 Å². The van der Waals surface area contributed by atoms with Crippen molar-refractivity contribution in [3.8, 4) is 11.6 Å². The summed E-state index contributed by atoms with van der Waals surface area (Å²) < 4.78 is 6.62. The summed E-state index contributed by atoms with van der Waals surface area (Å²) in [6.45, 7) is 0. The zero-order chi connectivity index (χ0) is 12.5. The number of hydrogen-bond acceptors (Lipinski definition) is 4. The number of hydrogen-bond donors (Lipinski definition) is 1. The molecule has 4 nitrogen and oxygen atoms in total. The van der Waals surface area contributed by atoms with Gasteiger partial charge >= 0.3 is 0 Å². The number of benzene rings is 1. The maximum Gasteiger partial charge on any atom is 0.285 e. The van der Waals surface area contributed by atoms with Crippen molar-refractivity contribution in [1.29, 1.82) is 0 Å². The van der Waals surface area contributed by atoms with Crippen molar-refractivity contribution in [2.45, 2.75) is 0 Å². The van der Waals surface area contributed by atoms with Crippen LogP contribution in [0.15, 0.2) is 40.5 Å². The Morgan fingerprint density at radius 3 is 3.06 bits per heavy atom. The van der Waals surface area contributed by atoms with Crippen LogP contribution < -0.4 is 10.2 Å². The van der Waals surface area contributed by atoms with Crippen molar-refractivity contribution >= 4 is 33.0 Å². The highest BCUT2D eigenvalue weighted by atomic mass is 35.5. The van der Waals surface area contributed by atoms with Gasteiger partial charge in [-0.3, -0.25) is 9.89 Å². The summed E-state index contributed by atoms with van der Waals surface area (Å²) in [5.41, 5.74) is -0.356. The van der Waals surface area contributed by atoms with Crippen molar-refractivity contribution in [3.05, 3.63) is 51.1 Å². The van der Waals surface area contributed by atoms with Crippen LogP contribution >= 0.6 is 22.9 Å². The number of rotatable bonds is 2. The van der Waals surface area contributed by atoms with E-state index in [4.69, 9.17) is 16.3 Å². The molecule has 2 heterocycles. The molecule has 0 saturated heterocycles. The first-order chi connectivity index (χ1) is 8.74. The van der Waals surface area contributed by atoms with Gasteiger partial charge in [-0.25, -0.2) is 0 Å². The lowest BCUT2D eigenvalue weighted by Gasteiger charge is -2.04. The molecule has 0 spiro atoms. The van der Waals surface area contributed by atoms with Gasteiger partial charge in [-0.2, -0.15) is 0 Å². The molecule has 1 N–H and O–H groups in total. The van der Waals surface area contributed by atoms with E-state index in [1.165, 1.54) is 6.07 Å². The number of ether oxygens (including phenoxy) is 1. The Morgan fingerprint density at radius 2 is 2.22 bits per heavy atom. The quantitative estimate of drug-likeness (QED) is 0.781. The third-order valence-electron chi connectivity index (χ3n) is 2.40. The largest absolute Gasteiger partial charge is 0.434 e. The lowest BCUT2D eigenvalue weighted by molar-refractivity contribution is 0.455. The Bertz CT molecular complexity index is 766. The normalized spacial score (nSPS) is 10.7. The van der Waals surface area contributed by atoms with Crippen LogP contribution in [0.2, 0.25) is 5.15 Å². The molecule has 0 radical (unpaired) electrons. The highest BCUT2D eigenvalue weighted by Gasteiger charge is 2.08. The predicted molar refractivity (Wildman–Crippen MR) is 71.8 cm³/mol. The van der Waals surface area contributed by atoms with Gasteiger partial charge in [-0.1, -0.05) is 17.7 Å². The molecule has 0 bridgehead atoms. The SMILES string of the molecule is O=c1cc(Cl)[nH]nc1Oc1cccc2sccc12. The molecule has 6 heteroatoms. The summed E-state index contributed by atoms with van der Waals surface area (Å²) in [6, 6.07) is 8.84. The minimum Gasteiger partial charge on any atom is -0.434 e. The summed E-state index contributed by atoms with van der Waals surface area (Å²) in [5.74, 6) is 0.590. The van der Waals surface area contributed by atoms with E-state index in [2.05, 4.69) is 10.2 Å². The second-order valence-corrected chi connectivity index (χ2v) is 4.93. The number of fused-ring (bicyclic) bond motifs is 1. The first-order valence-corrected chi connectivity index (χ1v) is 6.39. The number of nitrogens with zero attached hydrogens (tertiary/aromatic N) is 1. The van der Waals surface area contributed by atoms with Gasteiger partial charge in [0.15, 0.2) is 0 Å². The van der Waals surface area contributed by atoms with Crippen LogP contribution in [0, 0.1) is 0 Å². The van der Waals surface area contributed by atoms with Crippen molar-refractivity contribution in [2.24, 2.45) is 0 Å². The number of H-pyrrole nitrogens is 1. The Balaban J connectivity index is 2.06. The van der Waals surface area contributed by atoms with Gasteiger partial charge in [0.25, 0.3) is 5.88 Å². The van der Waals surface area contributed by atoms with Gasteiger partial charge in [0.1, 0.15) is 10.9 Å². The zero-order valence-electron chi connectivity index (χ0n) is 9.01. The molecule has 3 rings (SSSR count). The second-order valence-electron chi connectivity index (χ2n) is 3.58. The van der Waals surface area contributed by atoms with Gasteiger partial charge in [0.05, 0.1) is 0 Å². The van der Waals surface area contributed by atoms with Crippen LogP contribution in [0.4, 0.5) is 0 Å². The molecule has 0 aliphatic carbocycles. The molecular formula is C12H7ClN2O2S. The summed E-state index contributed by atoms with van der Waals surface area (Å²) in [4.78, 5) is 11.6. The summed E-state index contributed by atoms with van der Waals surface area (Å²) >= 11 is 7.24. The topological polar surface area (TPSA) is 55.0 Å².